The molecule has 0 atom stereocenters. The summed E-state index contributed by atoms with van der Waals surface area (Å²) in [5.74, 6) is 0. The molecule has 0 radical (unpaired) electrons. The highest BCUT2D eigenvalue weighted by Crippen LogP contribution is 2.25. The average molecular weight is 273 g/mol. The molecule has 0 aliphatic heterocycles. The summed E-state index contributed by atoms with van der Waals surface area (Å²) >= 11 is 0. The smallest absolute Gasteiger partial charge is 0.320 e. The van der Waals surface area contributed by atoms with E-state index in [-0.39, 0.29) is 0 Å². The summed E-state index contributed by atoms with van der Waals surface area (Å²) in [5.41, 5.74) is 1.14. The molecule has 0 bridgehead atoms. The van der Waals surface area contributed by atoms with Gasteiger partial charge in [0.2, 0.25) is 0 Å². The monoisotopic (exact) mass is 273 g/mol. The Morgan fingerprint density at radius 1 is 1.35 bits per heavy atom. The van der Waals surface area contributed by atoms with Gasteiger partial charge in [0.25, 0.3) is 0 Å². The summed E-state index contributed by atoms with van der Waals surface area (Å²) in [6, 6.07) is 4.89. The number of aromatic nitrogens is 2. The highest BCUT2D eigenvalue weighted by atomic mass is 16.6. The lowest BCUT2D eigenvalue weighted by molar-refractivity contribution is -0.386. The van der Waals surface area contributed by atoms with E-state index in [1.54, 1.807) is 24.5 Å². The van der Waals surface area contributed by atoms with Gasteiger partial charge in [-0.25, -0.2) is 0 Å². The third-order valence-electron chi connectivity index (χ3n) is 3.07. The van der Waals surface area contributed by atoms with E-state index in [0.29, 0.717) is 12.0 Å². The lowest BCUT2D eigenvalue weighted by atomic mass is 10.0. The molecule has 0 fully saturated rings. The van der Waals surface area contributed by atoms with Crippen LogP contribution < -0.4 is 5.56 Å². The Bertz CT molecular complexity index is 665. The van der Waals surface area contributed by atoms with Crippen molar-refractivity contribution in [1.29, 1.82) is 0 Å². The third kappa shape index (κ3) is 2.90. The molecule has 0 spiro atoms. The molecule has 104 valence electrons. The maximum absolute atomic E-state index is 11.7. The highest BCUT2D eigenvalue weighted by Gasteiger charge is 2.17. The van der Waals surface area contributed by atoms with Gasteiger partial charge < -0.3 is 4.98 Å². The van der Waals surface area contributed by atoms with Crippen LogP contribution in [0, 0.1) is 10.1 Å². The van der Waals surface area contributed by atoms with Crippen LogP contribution in [-0.4, -0.2) is 14.9 Å². The molecule has 0 unspecified atom stereocenters. The summed E-state index contributed by atoms with van der Waals surface area (Å²) in [4.78, 5) is 28.5. The van der Waals surface area contributed by atoms with Crippen molar-refractivity contribution < 1.29 is 4.92 Å². The number of hydrogen-bond donors (Lipinski definition) is 1. The number of nitrogens with one attached hydrogen (secondary N) is 1. The predicted octanol–water partition coefficient (Wildman–Crippen LogP) is 2.69. The van der Waals surface area contributed by atoms with Gasteiger partial charge in [0.15, 0.2) is 0 Å². The van der Waals surface area contributed by atoms with Crippen molar-refractivity contribution in [3.63, 3.8) is 0 Å². The Kier molecular flexibility index (Phi) is 4.24. The van der Waals surface area contributed by atoms with E-state index in [2.05, 4.69) is 16.9 Å². The fourth-order valence-corrected chi connectivity index (χ4v) is 2.03. The minimum absolute atomic E-state index is 0.433. The third-order valence-corrected chi connectivity index (χ3v) is 3.07. The number of nitrogens with zero attached hydrogens (tertiary/aromatic N) is 2. The summed E-state index contributed by atoms with van der Waals surface area (Å²) in [7, 11) is 0. The van der Waals surface area contributed by atoms with Crippen LogP contribution in [-0.2, 0) is 6.42 Å². The molecular formula is C14H15N3O3. The molecule has 20 heavy (non-hydrogen) atoms. The molecule has 2 heterocycles. The Labute approximate surface area is 115 Å². The van der Waals surface area contributed by atoms with Crippen molar-refractivity contribution in [2.24, 2.45) is 0 Å². The molecular weight excluding hydrogens is 258 g/mol. The van der Waals surface area contributed by atoms with Crippen molar-refractivity contribution in [3.05, 3.63) is 56.8 Å². The van der Waals surface area contributed by atoms with Crippen molar-refractivity contribution in [3.8, 4) is 11.1 Å². The first kappa shape index (κ1) is 13.9. The van der Waals surface area contributed by atoms with Crippen molar-refractivity contribution in [2.75, 3.05) is 0 Å². The summed E-state index contributed by atoms with van der Waals surface area (Å²) < 4.78 is 0. The van der Waals surface area contributed by atoms with Crippen molar-refractivity contribution in [1.82, 2.24) is 9.97 Å². The Morgan fingerprint density at radius 3 is 2.65 bits per heavy atom. The molecule has 1 N–H and O–H groups in total. The van der Waals surface area contributed by atoms with E-state index in [4.69, 9.17) is 0 Å². The van der Waals surface area contributed by atoms with Crippen LogP contribution in [0.3, 0.4) is 0 Å². The number of pyridine rings is 2. The fraction of sp³-hybridized carbons (Fsp3) is 0.286. The zero-order valence-electron chi connectivity index (χ0n) is 11.1. The minimum Gasteiger partial charge on any atom is -0.320 e. The highest BCUT2D eigenvalue weighted by molar-refractivity contribution is 5.67. The van der Waals surface area contributed by atoms with Gasteiger partial charge in [0, 0.05) is 29.7 Å². The lowest BCUT2D eigenvalue weighted by Gasteiger charge is -2.09. The first-order valence-corrected chi connectivity index (χ1v) is 6.44. The van der Waals surface area contributed by atoms with Gasteiger partial charge in [-0.1, -0.05) is 13.3 Å². The first-order valence-electron chi connectivity index (χ1n) is 6.44. The molecule has 0 saturated carbocycles. The van der Waals surface area contributed by atoms with Crippen LogP contribution >= 0.6 is 0 Å². The van der Waals surface area contributed by atoms with E-state index >= 15 is 0 Å². The Hall–Kier alpha value is -2.50. The van der Waals surface area contributed by atoms with E-state index < -0.39 is 16.2 Å². The van der Waals surface area contributed by atoms with Gasteiger partial charge in [0.1, 0.15) is 0 Å². The second-order valence-electron chi connectivity index (χ2n) is 4.47. The maximum atomic E-state index is 11.7. The topological polar surface area (TPSA) is 88.9 Å². The van der Waals surface area contributed by atoms with Gasteiger partial charge in [-0.2, -0.15) is 0 Å². The molecule has 2 aromatic rings. The molecule has 0 aliphatic carbocycles. The first-order chi connectivity index (χ1) is 9.63. The fourth-order valence-electron chi connectivity index (χ4n) is 2.03. The lowest BCUT2D eigenvalue weighted by Crippen LogP contribution is -2.14. The molecule has 0 saturated heterocycles. The maximum Gasteiger partial charge on any atom is 0.334 e. The second-order valence-corrected chi connectivity index (χ2v) is 4.47. The summed E-state index contributed by atoms with van der Waals surface area (Å²) in [6.45, 7) is 2.05. The number of nitro groups is 1. The van der Waals surface area contributed by atoms with Crippen LogP contribution in [0.25, 0.3) is 11.1 Å². The van der Waals surface area contributed by atoms with E-state index in [0.717, 1.165) is 24.1 Å². The minimum atomic E-state index is -0.660. The average Bonchev–Trinajstić information content (AvgIpc) is 2.45. The number of aromatic amines is 1. The zero-order chi connectivity index (χ0) is 14.5. The van der Waals surface area contributed by atoms with Crippen LogP contribution in [0.1, 0.15) is 25.5 Å². The van der Waals surface area contributed by atoms with Crippen molar-refractivity contribution >= 4 is 5.69 Å². The number of unbranched alkanes of at least 4 members (excludes halogenated alkanes) is 1. The molecule has 6 heteroatoms. The van der Waals surface area contributed by atoms with Gasteiger partial charge >= 0.3 is 11.2 Å². The summed E-state index contributed by atoms with van der Waals surface area (Å²) in [6.07, 6.45) is 5.81. The van der Waals surface area contributed by atoms with E-state index in [1.165, 1.54) is 6.07 Å². The SMILES string of the molecule is CCCCc1[nH]c(=O)c([N+](=O)[O-])cc1-c1ccncc1. The number of hydrogen-bond acceptors (Lipinski definition) is 4. The van der Waals surface area contributed by atoms with E-state index in [9.17, 15) is 14.9 Å². The molecule has 6 nitrogen and oxygen atoms in total. The largest absolute Gasteiger partial charge is 0.334 e. The van der Waals surface area contributed by atoms with Gasteiger partial charge in [-0.05, 0) is 30.5 Å². The van der Waals surface area contributed by atoms with Gasteiger partial charge in [-0.15, -0.1) is 0 Å². The zero-order valence-corrected chi connectivity index (χ0v) is 11.1. The van der Waals surface area contributed by atoms with Crippen LogP contribution in [0.15, 0.2) is 35.4 Å². The standard InChI is InChI=1S/C14H15N3O3/c1-2-3-4-12-11(10-5-7-15-8-6-10)9-13(17(19)20)14(18)16-12/h5-9H,2-4H2,1H3,(H,16,18). The summed E-state index contributed by atoms with van der Waals surface area (Å²) in [5, 5.41) is 10.9. The molecule has 0 amide bonds. The second kappa shape index (κ2) is 6.10. The molecule has 2 rings (SSSR count). The molecule has 2 aromatic heterocycles. The number of H-pyrrole nitrogens is 1. The number of aryl methyl sites for hydroxylation is 1. The normalized spacial score (nSPS) is 10.4. The van der Waals surface area contributed by atoms with E-state index in [1.807, 2.05) is 0 Å². The van der Waals surface area contributed by atoms with Gasteiger partial charge in [-0.3, -0.25) is 19.9 Å². The van der Waals surface area contributed by atoms with Crippen LogP contribution in [0.4, 0.5) is 5.69 Å². The molecule has 0 aliphatic rings. The Balaban J connectivity index is 2.59. The van der Waals surface area contributed by atoms with Crippen LogP contribution in [0.2, 0.25) is 0 Å². The van der Waals surface area contributed by atoms with Crippen molar-refractivity contribution in [2.45, 2.75) is 26.2 Å². The Morgan fingerprint density at radius 2 is 2.05 bits per heavy atom. The number of rotatable bonds is 5. The predicted molar refractivity (Wildman–Crippen MR) is 75.6 cm³/mol. The van der Waals surface area contributed by atoms with Gasteiger partial charge in [0.05, 0.1) is 4.92 Å². The molecule has 0 aromatic carbocycles. The quantitative estimate of drug-likeness (QED) is 0.670. The van der Waals surface area contributed by atoms with Crippen LogP contribution in [0.5, 0.6) is 0 Å².